The molecular formula is C25H29N3. The number of hydrogen-bond donors (Lipinski definition) is 1. The van der Waals surface area contributed by atoms with E-state index in [0.717, 1.165) is 26.1 Å². The van der Waals surface area contributed by atoms with E-state index in [0.29, 0.717) is 6.04 Å². The van der Waals surface area contributed by atoms with Gasteiger partial charge in [0.2, 0.25) is 0 Å². The summed E-state index contributed by atoms with van der Waals surface area (Å²) in [6.07, 6.45) is 1.03. The van der Waals surface area contributed by atoms with E-state index in [-0.39, 0.29) is 0 Å². The van der Waals surface area contributed by atoms with E-state index >= 15 is 0 Å². The number of nitrogens with zero attached hydrogens (tertiary/aromatic N) is 2. The SMILES string of the molecule is CN(C)Cc1ccccc1N1CC(Cc2ccccc2)NCc2ccccc21. The van der Waals surface area contributed by atoms with Crippen LogP contribution in [0.15, 0.2) is 78.9 Å². The lowest BCUT2D eigenvalue weighted by Crippen LogP contribution is -2.38. The predicted molar refractivity (Wildman–Crippen MR) is 118 cm³/mol. The summed E-state index contributed by atoms with van der Waals surface area (Å²) in [5.74, 6) is 0. The van der Waals surface area contributed by atoms with Crippen LogP contribution >= 0.6 is 0 Å². The Hall–Kier alpha value is -2.62. The molecule has 1 heterocycles. The molecule has 4 rings (SSSR count). The van der Waals surface area contributed by atoms with Crippen LogP contribution in [0.4, 0.5) is 11.4 Å². The minimum absolute atomic E-state index is 0.391. The van der Waals surface area contributed by atoms with E-state index in [1.165, 1.54) is 28.1 Å². The Morgan fingerprint density at radius 3 is 2.32 bits per heavy atom. The summed E-state index contributed by atoms with van der Waals surface area (Å²) in [6, 6.07) is 28.8. The van der Waals surface area contributed by atoms with Crippen molar-refractivity contribution in [2.24, 2.45) is 0 Å². The maximum Gasteiger partial charge on any atom is 0.0457 e. The Labute approximate surface area is 168 Å². The van der Waals surface area contributed by atoms with Crippen LogP contribution in [-0.2, 0) is 19.5 Å². The summed E-state index contributed by atoms with van der Waals surface area (Å²) in [5, 5.41) is 3.79. The maximum absolute atomic E-state index is 3.79. The van der Waals surface area contributed by atoms with Crippen LogP contribution in [0.25, 0.3) is 0 Å². The van der Waals surface area contributed by atoms with E-state index in [2.05, 4.69) is 108 Å². The fraction of sp³-hybridized carbons (Fsp3) is 0.280. The number of hydrogen-bond acceptors (Lipinski definition) is 3. The van der Waals surface area contributed by atoms with Crippen LogP contribution < -0.4 is 10.2 Å². The number of para-hydroxylation sites is 2. The largest absolute Gasteiger partial charge is 0.339 e. The second kappa shape index (κ2) is 8.59. The lowest BCUT2D eigenvalue weighted by Gasteiger charge is -2.30. The molecule has 1 N–H and O–H groups in total. The van der Waals surface area contributed by atoms with Gasteiger partial charge >= 0.3 is 0 Å². The molecule has 0 fully saturated rings. The molecule has 0 aromatic heterocycles. The van der Waals surface area contributed by atoms with Gasteiger partial charge in [-0.3, -0.25) is 0 Å². The van der Waals surface area contributed by atoms with E-state index < -0.39 is 0 Å². The fourth-order valence-corrected chi connectivity index (χ4v) is 4.07. The number of nitrogens with one attached hydrogen (secondary N) is 1. The number of benzene rings is 3. The summed E-state index contributed by atoms with van der Waals surface area (Å²) in [7, 11) is 4.26. The van der Waals surface area contributed by atoms with Crippen molar-refractivity contribution >= 4 is 11.4 Å². The minimum Gasteiger partial charge on any atom is -0.339 e. The van der Waals surface area contributed by atoms with Crippen LogP contribution in [0.1, 0.15) is 16.7 Å². The summed E-state index contributed by atoms with van der Waals surface area (Å²) in [4.78, 5) is 4.75. The second-order valence-electron chi connectivity index (χ2n) is 7.87. The van der Waals surface area contributed by atoms with Gasteiger partial charge in [0.15, 0.2) is 0 Å². The molecule has 0 aliphatic carbocycles. The van der Waals surface area contributed by atoms with Gasteiger partial charge in [-0.2, -0.15) is 0 Å². The van der Waals surface area contributed by atoms with Gasteiger partial charge < -0.3 is 15.1 Å². The van der Waals surface area contributed by atoms with Crippen LogP contribution in [0, 0.1) is 0 Å². The van der Waals surface area contributed by atoms with Crippen LogP contribution in [0.3, 0.4) is 0 Å². The third kappa shape index (κ3) is 4.27. The first-order chi connectivity index (χ1) is 13.7. The normalized spacial score (nSPS) is 16.7. The zero-order valence-electron chi connectivity index (χ0n) is 16.8. The third-order valence-electron chi connectivity index (χ3n) is 5.36. The average molecular weight is 372 g/mol. The Kier molecular flexibility index (Phi) is 5.75. The quantitative estimate of drug-likeness (QED) is 0.707. The van der Waals surface area contributed by atoms with Gasteiger partial charge in [-0.15, -0.1) is 0 Å². The molecule has 0 spiro atoms. The highest BCUT2D eigenvalue weighted by atomic mass is 15.2. The monoisotopic (exact) mass is 371 g/mol. The minimum atomic E-state index is 0.391. The van der Waals surface area contributed by atoms with Gasteiger partial charge in [0.25, 0.3) is 0 Å². The van der Waals surface area contributed by atoms with E-state index in [4.69, 9.17) is 0 Å². The van der Waals surface area contributed by atoms with Crippen molar-refractivity contribution in [1.82, 2.24) is 10.2 Å². The molecule has 3 nitrogen and oxygen atoms in total. The molecule has 1 unspecified atom stereocenters. The van der Waals surface area contributed by atoms with Gasteiger partial charge in [0.05, 0.1) is 0 Å². The van der Waals surface area contributed by atoms with E-state index in [1.807, 2.05) is 0 Å². The second-order valence-corrected chi connectivity index (χ2v) is 7.87. The molecular weight excluding hydrogens is 342 g/mol. The zero-order chi connectivity index (χ0) is 19.3. The van der Waals surface area contributed by atoms with Crippen molar-refractivity contribution in [3.8, 4) is 0 Å². The zero-order valence-corrected chi connectivity index (χ0v) is 16.8. The van der Waals surface area contributed by atoms with E-state index in [1.54, 1.807) is 0 Å². The van der Waals surface area contributed by atoms with Gasteiger partial charge in [0.1, 0.15) is 0 Å². The Morgan fingerprint density at radius 2 is 1.54 bits per heavy atom. The molecule has 3 heteroatoms. The highest BCUT2D eigenvalue weighted by molar-refractivity contribution is 5.70. The van der Waals surface area contributed by atoms with E-state index in [9.17, 15) is 0 Å². The molecule has 0 amide bonds. The summed E-state index contributed by atoms with van der Waals surface area (Å²) in [6.45, 7) is 2.79. The predicted octanol–water partition coefficient (Wildman–Crippen LogP) is 4.60. The van der Waals surface area contributed by atoms with Crippen molar-refractivity contribution in [2.75, 3.05) is 25.5 Å². The van der Waals surface area contributed by atoms with Gasteiger partial charge in [0, 0.05) is 37.1 Å². The van der Waals surface area contributed by atoms with Gasteiger partial charge in [-0.1, -0.05) is 66.7 Å². The Bertz CT molecular complexity index is 904. The first kappa shape index (κ1) is 18.7. The molecule has 144 valence electrons. The van der Waals surface area contributed by atoms with Crippen molar-refractivity contribution in [3.63, 3.8) is 0 Å². The molecule has 28 heavy (non-hydrogen) atoms. The number of anilines is 2. The summed E-state index contributed by atoms with van der Waals surface area (Å²) >= 11 is 0. The average Bonchev–Trinajstić information content (AvgIpc) is 2.89. The highest BCUT2D eigenvalue weighted by Crippen LogP contribution is 2.33. The van der Waals surface area contributed by atoms with Crippen molar-refractivity contribution in [2.45, 2.75) is 25.6 Å². The van der Waals surface area contributed by atoms with Crippen LogP contribution in [-0.4, -0.2) is 31.6 Å². The molecule has 3 aromatic carbocycles. The Balaban J connectivity index is 1.70. The summed E-state index contributed by atoms with van der Waals surface area (Å²) in [5.41, 5.74) is 6.73. The van der Waals surface area contributed by atoms with Crippen molar-refractivity contribution < 1.29 is 0 Å². The van der Waals surface area contributed by atoms with Crippen molar-refractivity contribution in [1.29, 1.82) is 0 Å². The number of fused-ring (bicyclic) bond motifs is 1. The third-order valence-corrected chi connectivity index (χ3v) is 5.36. The number of rotatable bonds is 5. The van der Waals surface area contributed by atoms with Crippen molar-refractivity contribution in [3.05, 3.63) is 95.6 Å². The Morgan fingerprint density at radius 1 is 0.857 bits per heavy atom. The van der Waals surface area contributed by atoms with Crippen LogP contribution in [0.2, 0.25) is 0 Å². The molecule has 1 aliphatic rings. The smallest absolute Gasteiger partial charge is 0.0457 e. The molecule has 1 aliphatic heterocycles. The maximum atomic E-state index is 3.79. The molecule has 0 saturated heterocycles. The van der Waals surface area contributed by atoms with Gasteiger partial charge in [-0.05, 0) is 49.3 Å². The standard InChI is InChI=1S/C25H29N3/c1-27(2)18-22-13-7-9-15-25(22)28-19-23(16-20-10-4-3-5-11-20)26-17-21-12-6-8-14-24(21)28/h3-15,23,26H,16-19H2,1-2H3. The van der Waals surface area contributed by atoms with Crippen LogP contribution in [0.5, 0.6) is 0 Å². The molecule has 0 bridgehead atoms. The first-order valence-corrected chi connectivity index (χ1v) is 10.1. The lowest BCUT2D eigenvalue weighted by atomic mass is 10.0. The highest BCUT2D eigenvalue weighted by Gasteiger charge is 2.24. The first-order valence-electron chi connectivity index (χ1n) is 10.1. The van der Waals surface area contributed by atoms with Gasteiger partial charge in [-0.25, -0.2) is 0 Å². The molecule has 0 radical (unpaired) electrons. The molecule has 1 atom stereocenters. The summed E-state index contributed by atoms with van der Waals surface area (Å²) < 4.78 is 0. The lowest BCUT2D eigenvalue weighted by molar-refractivity contribution is 0.402. The fourth-order valence-electron chi connectivity index (χ4n) is 4.07. The topological polar surface area (TPSA) is 18.5 Å². The molecule has 0 saturated carbocycles. The molecule has 3 aromatic rings.